The van der Waals surface area contributed by atoms with Crippen LogP contribution in [0.2, 0.25) is 0 Å². The lowest BCUT2D eigenvalue weighted by atomic mass is 10.1. The van der Waals surface area contributed by atoms with Crippen LogP contribution in [-0.4, -0.2) is 28.2 Å². The fraction of sp³-hybridized carbons (Fsp3) is 0.176. The first-order valence-corrected chi connectivity index (χ1v) is 7.04. The molecule has 0 spiro atoms. The Morgan fingerprint density at radius 2 is 1.86 bits per heavy atom. The minimum Gasteiger partial charge on any atom is -0.396 e. The summed E-state index contributed by atoms with van der Waals surface area (Å²) in [7, 11) is 0. The molecule has 0 saturated carbocycles. The second kappa shape index (κ2) is 6.33. The summed E-state index contributed by atoms with van der Waals surface area (Å²) in [5.41, 5.74) is 1.96. The molecule has 4 nitrogen and oxygen atoms in total. The maximum atomic E-state index is 8.80. The fourth-order valence-electron chi connectivity index (χ4n) is 2.23. The molecule has 1 aromatic heterocycles. The van der Waals surface area contributed by atoms with Crippen molar-refractivity contribution in [3.05, 3.63) is 54.7 Å². The van der Waals surface area contributed by atoms with Crippen LogP contribution in [0.25, 0.3) is 22.0 Å². The van der Waals surface area contributed by atoms with E-state index in [4.69, 9.17) is 5.11 Å². The van der Waals surface area contributed by atoms with Crippen LogP contribution >= 0.6 is 0 Å². The van der Waals surface area contributed by atoms with Crippen molar-refractivity contribution in [2.24, 2.45) is 0 Å². The Labute approximate surface area is 123 Å². The molecule has 1 heterocycles. The summed E-state index contributed by atoms with van der Waals surface area (Å²) in [5.74, 6) is 0.592. The highest BCUT2D eigenvalue weighted by atomic mass is 16.3. The van der Waals surface area contributed by atoms with Gasteiger partial charge in [-0.1, -0.05) is 36.4 Å². The lowest BCUT2D eigenvalue weighted by molar-refractivity contribution is 0.292. The summed E-state index contributed by atoms with van der Waals surface area (Å²) in [6, 6.07) is 16.5. The van der Waals surface area contributed by atoms with E-state index in [1.807, 2.05) is 18.2 Å². The number of aliphatic hydroxyl groups excluding tert-OH is 1. The molecule has 0 aliphatic rings. The van der Waals surface area contributed by atoms with Crippen LogP contribution in [0.1, 0.15) is 6.42 Å². The van der Waals surface area contributed by atoms with Gasteiger partial charge in [-0.2, -0.15) is 0 Å². The van der Waals surface area contributed by atoms with Crippen LogP contribution < -0.4 is 5.32 Å². The van der Waals surface area contributed by atoms with E-state index in [-0.39, 0.29) is 6.61 Å². The van der Waals surface area contributed by atoms with E-state index in [0.29, 0.717) is 18.9 Å². The number of nitrogens with one attached hydrogen (secondary N) is 1. The third kappa shape index (κ3) is 3.17. The summed E-state index contributed by atoms with van der Waals surface area (Å²) >= 11 is 0. The van der Waals surface area contributed by atoms with Crippen LogP contribution in [-0.2, 0) is 0 Å². The van der Waals surface area contributed by atoms with Crippen LogP contribution in [0.4, 0.5) is 5.95 Å². The van der Waals surface area contributed by atoms with Crippen molar-refractivity contribution in [1.82, 2.24) is 9.97 Å². The molecule has 0 fully saturated rings. The predicted molar refractivity (Wildman–Crippen MR) is 85.2 cm³/mol. The first-order chi connectivity index (χ1) is 10.4. The molecular weight excluding hydrogens is 262 g/mol. The van der Waals surface area contributed by atoms with Crippen molar-refractivity contribution >= 4 is 16.7 Å². The van der Waals surface area contributed by atoms with Crippen LogP contribution in [0, 0.1) is 0 Å². The minimum absolute atomic E-state index is 0.164. The quantitative estimate of drug-likeness (QED) is 0.705. The van der Waals surface area contributed by atoms with Gasteiger partial charge in [0.05, 0.1) is 5.69 Å². The average molecular weight is 279 g/mol. The molecule has 0 aliphatic carbocycles. The highest BCUT2D eigenvalue weighted by Crippen LogP contribution is 2.23. The molecule has 0 aliphatic heterocycles. The van der Waals surface area contributed by atoms with Gasteiger partial charge >= 0.3 is 0 Å². The molecule has 2 N–H and O–H groups in total. The number of hydrogen-bond acceptors (Lipinski definition) is 4. The van der Waals surface area contributed by atoms with Crippen molar-refractivity contribution in [3.8, 4) is 11.3 Å². The highest BCUT2D eigenvalue weighted by Gasteiger charge is 2.03. The molecule has 0 saturated heterocycles. The predicted octanol–water partition coefficient (Wildman–Crippen LogP) is 3.09. The minimum atomic E-state index is 0.164. The van der Waals surface area contributed by atoms with Crippen LogP contribution in [0.5, 0.6) is 0 Å². The van der Waals surface area contributed by atoms with Gasteiger partial charge in [0.15, 0.2) is 0 Å². The Kier molecular flexibility index (Phi) is 4.07. The molecular formula is C17H17N3O. The molecule has 21 heavy (non-hydrogen) atoms. The van der Waals surface area contributed by atoms with Crippen LogP contribution in [0.15, 0.2) is 54.7 Å². The number of nitrogens with zero attached hydrogens (tertiary/aromatic N) is 2. The molecule has 3 aromatic rings. The third-order valence-corrected chi connectivity index (χ3v) is 3.32. The summed E-state index contributed by atoms with van der Waals surface area (Å²) < 4.78 is 0. The van der Waals surface area contributed by atoms with Crippen molar-refractivity contribution in [2.75, 3.05) is 18.5 Å². The largest absolute Gasteiger partial charge is 0.396 e. The molecule has 0 atom stereocenters. The van der Waals surface area contributed by atoms with Crippen molar-refractivity contribution < 1.29 is 5.11 Å². The van der Waals surface area contributed by atoms with Gasteiger partial charge in [0.1, 0.15) is 0 Å². The zero-order valence-corrected chi connectivity index (χ0v) is 11.7. The number of aromatic nitrogens is 2. The maximum Gasteiger partial charge on any atom is 0.223 e. The van der Waals surface area contributed by atoms with Gasteiger partial charge in [-0.25, -0.2) is 9.97 Å². The number of benzene rings is 2. The number of aliphatic hydroxyl groups is 1. The molecule has 106 valence electrons. The van der Waals surface area contributed by atoms with Gasteiger partial charge in [0.2, 0.25) is 5.95 Å². The number of hydrogen-bond donors (Lipinski definition) is 2. The molecule has 0 amide bonds. The summed E-state index contributed by atoms with van der Waals surface area (Å²) in [6.07, 6.45) is 2.43. The smallest absolute Gasteiger partial charge is 0.223 e. The van der Waals surface area contributed by atoms with Crippen molar-refractivity contribution in [1.29, 1.82) is 0 Å². The van der Waals surface area contributed by atoms with Gasteiger partial charge in [-0.05, 0) is 29.3 Å². The topological polar surface area (TPSA) is 58.0 Å². The van der Waals surface area contributed by atoms with E-state index in [2.05, 4.69) is 45.6 Å². The normalized spacial score (nSPS) is 10.7. The Morgan fingerprint density at radius 3 is 2.71 bits per heavy atom. The molecule has 3 rings (SSSR count). The Bertz CT molecular complexity index is 743. The Morgan fingerprint density at radius 1 is 1.00 bits per heavy atom. The van der Waals surface area contributed by atoms with Crippen molar-refractivity contribution in [3.63, 3.8) is 0 Å². The van der Waals surface area contributed by atoms with Gasteiger partial charge in [0.25, 0.3) is 0 Å². The van der Waals surface area contributed by atoms with E-state index in [9.17, 15) is 0 Å². The first-order valence-electron chi connectivity index (χ1n) is 7.04. The monoisotopic (exact) mass is 279 g/mol. The van der Waals surface area contributed by atoms with Gasteiger partial charge in [0, 0.05) is 24.9 Å². The lowest BCUT2D eigenvalue weighted by Crippen LogP contribution is -2.06. The van der Waals surface area contributed by atoms with Crippen molar-refractivity contribution in [2.45, 2.75) is 6.42 Å². The summed E-state index contributed by atoms with van der Waals surface area (Å²) in [4.78, 5) is 8.71. The summed E-state index contributed by atoms with van der Waals surface area (Å²) in [5, 5.41) is 14.3. The summed E-state index contributed by atoms with van der Waals surface area (Å²) in [6.45, 7) is 0.828. The zero-order valence-electron chi connectivity index (χ0n) is 11.7. The van der Waals surface area contributed by atoms with E-state index in [1.165, 1.54) is 10.8 Å². The van der Waals surface area contributed by atoms with Gasteiger partial charge < -0.3 is 10.4 Å². The number of rotatable bonds is 5. The SMILES string of the molecule is OCCCNc1nccc(-c2ccc3ccccc3c2)n1. The van der Waals surface area contributed by atoms with E-state index < -0.39 is 0 Å². The highest BCUT2D eigenvalue weighted by molar-refractivity contribution is 5.86. The zero-order chi connectivity index (χ0) is 14.5. The maximum absolute atomic E-state index is 8.80. The van der Waals surface area contributed by atoms with Crippen LogP contribution in [0.3, 0.4) is 0 Å². The molecule has 4 heteroatoms. The second-order valence-electron chi connectivity index (χ2n) is 4.83. The molecule has 0 radical (unpaired) electrons. The van der Waals surface area contributed by atoms with E-state index in [1.54, 1.807) is 6.20 Å². The lowest BCUT2D eigenvalue weighted by Gasteiger charge is -2.07. The molecule has 0 unspecified atom stereocenters. The van der Waals surface area contributed by atoms with Gasteiger partial charge in [-0.3, -0.25) is 0 Å². The standard InChI is InChI=1S/C17H17N3O/c21-11-3-9-18-17-19-10-8-16(20-17)15-7-6-13-4-1-2-5-14(13)12-15/h1-2,4-8,10,12,21H,3,9,11H2,(H,18,19,20). The Hall–Kier alpha value is -2.46. The third-order valence-electron chi connectivity index (χ3n) is 3.32. The average Bonchev–Trinajstić information content (AvgIpc) is 2.55. The first kappa shape index (κ1) is 13.5. The van der Waals surface area contributed by atoms with Gasteiger partial charge in [-0.15, -0.1) is 0 Å². The van der Waals surface area contributed by atoms with E-state index in [0.717, 1.165) is 11.3 Å². The number of anilines is 1. The molecule has 2 aromatic carbocycles. The fourth-order valence-corrected chi connectivity index (χ4v) is 2.23. The van der Waals surface area contributed by atoms with E-state index >= 15 is 0 Å². The molecule has 0 bridgehead atoms. The Balaban J connectivity index is 1.89. The number of fused-ring (bicyclic) bond motifs is 1. The second-order valence-corrected chi connectivity index (χ2v) is 4.83.